The van der Waals surface area contributed by atoms with E-state index in [4.69, 9.17) is 0 Å². The summed E-state index contributed by atoms with van der Waals surface area (Å²) in [6, 6.07) is 0.807. The lowest BCUT2D eigenvalue weighted by molar-refractivity contribution is 0.243. The number of likely N-dealkylation sites (tertiary alicyclic amines) is 1. The van der Waals surface area contributed by atoms with Crippen LogP contribution in [-0.2, 0) is 0 Å². The molecule has 0 aromatic rings. The highest BCUT2D eigenvalue weighted by molar-refractivity contribution is 4.72. The predicted molar refractivity (Wildman–Crippen MR) is 58.0 cm³/mol. The summed E-state index contributed by atoms with van der Waals surface area (Å²) < 4.78 is 0. The fourth-order valence-corrected chi connectivity index (χ4v) is 2.06. The van der Waals surface area contributed by atoms with Crippen LogP contribution in [0.4, 0.5) is 0 Å². The monoisotopic (exact) mass is 184 g/mol. The molecule has 0 amide bonds. The van der Waals surface area contributed by atoms with E-state index in [1.807, 2.05) is 0 Å². The van der Waals surface area contributed by atoms with Crippen molar-refractivity contribution >= 4 is 0 Å². The molecule has 0 spiro atoms. The van der Waals surface area contributed by atoms with Gasteiger partial charge >= 0.3 is 0 Å². The third-order valence-electron chi connectivity index (χ3n) is 2.99. The van der Waals surface area contributed by atoms with Crippen molar-refractivity contribution in [2.75, 3.05) is 26.2 Å². The molecule has 2 heteroatoms. The highest BCUT2D eigenvalue weighted by Crippen LogP contribution is 2.14. The van der Waals surface area contributed by atoms with Gasteiger partial charge in [0.25, 0.3) is 0 Å². The Morgan fingerprint density at radius 2 is 2.00 bits per heavy atom. The lowest BCUT2D eigenvalue weighted by Crippen LogP contribution is -2.30. The van der Waals surface area contributed by atoms with Crippen LogP contribution in [0.1, 0.15) is 39.5 Å². The Labute approximate surface area is 82.7 Å². The second-order valence-corrected chi connectivity index (χ2v) is 4.09. The molecule has 78 valence electrons. The van der Waals surface area contributed by atoms with Crippen LogP contribution >= 0.6 is 0 Å². The van der Waals surface area contributed by atoms with Crippen LogP contribution in [0.25, 0.3) is 0 Å². The second-order valence-electron chi connectivity index (χ2n) is 4.09. The van der Waals surface area contributed by atoms with E-state index in [1.165, 1.54) is 45.3 Å². The molecule has 1 aliphatic heterocycles. The summed E-state index contributed by atoms with van der Waals surface area (Å²) in [7, 11) is 0. The van der Waals surface area contributed by atoms with Gasteiger partial charge in [0.1, 0.15) is 0 Å². The summed E-state index contributed by atoms with van der Waals surface area (Å²) in [5.41, 5.74) is 0. The van der Waals surface area contributed by atoms with Crippen LogP contribution in [0.15, 0.2) is 0 Å². The molecule has 1 heterocycles. The van der Waals surface area contributed by atoms with Crippen molar-refractivity contribution in [1.29, 1.82) is 0 Å². The normalized spacial score (nSPS) is 20.8. The van der Waals surface area contributed by atoms with E-state index in [-0.39, 0.29) is 0 Å². The van der Waals surface area contributed by atoms with Gasteiger partial charge in [-0.05, 0) is 58.8 Å². The van der Waals surface area contributed by atoms with Crippen LogP contribution in [-0.4, -0.2) is 37.1 Å². The minimum absolute atomic E-state index is 0.807. The van der Waals surface area contributed by atoms with E-state index < -0.39 is 0 Å². The highest BCUT2D eigenvalue weighted by atomic mass is 15.2. The first-order chi connectivity index (χ1) is 6.34. The van der Waals surface area contributed by atoms with E-state index in [2.05, 4.69) is 24.1 Å². The lowest BCUT2D eigenvalue weighted by Gasteiger charge is -2.23. The molecule has 1 saturated heterocycles. The molecule has 2 nitrogen and oxygen atoms in total. The molecule has 0 aromatic carbocycles. The Hall–Kier alpha value is -0.0800. The van der Waals surface area contributed by atoms with Crippen LogP contribution in [0, 0.1) is 0 Å². The highest BCUT2D eigenvalue weighted by Gasteiger charge is 2.16. The fraction of sp³-hybridized carbons (Fsp3) is 1.00. The molecule has 1 fully saturated rings. The molecule has 0 aromatic heterocycles. The first kappa shape index (κ1) is 11.0. The van der Waals surface area contributed by atoms with E-state index in [9.17, 15) is 0 Å². The molecule has 0 aliphatic carbocycles. The maximum atomic E-state index is 3.38. The molecular formula is C11H24N2. The van der Waals surface area contributed by atoms with Gasteiger partial charge in [-0.1, -0.05) is 6.92 Å². The number of rotatable bonds is 6. The molecule has 1 aliphatic rings. The molecule has 1 N–H and O–H groups in total. The van der Waals surface area contributed by atoms with Crippen molar-refractivity contribution in [3.05, 3.63) is 0 Å². The summed E-state index contributed by atoms with van der Waals surface area (Å²) in [5.74, 6) is 0. The summed E-state index contributed by atoms with van der Waals surface area (Å²) in [6.07, 6.45) is 5.51. The average Bonchev–Trinajstić information content (AvgIpc) is 2.65. The van der Waals surface area contributed by atoms with Crippen molar-refractivity contribution in [3.63, 3.8) is 0 Å². The van der Waals surface area contributed by atoms with Crippen LogP contribution in [0.2, 0.25) is 0 Å². The first-order valence-corrected chi connectivity index (χ1v) is 5.79. The first-order valence-electron chi connectivity index (χ1n) is 5.79. The summed E-state index contributed by atoms with van der Waals surface area (Å²) in [6.45, 7) is 9.51. The fourth-order valence-electron chi connectivity index (χ4n) is 2.06. The minimum Gasteiger partial charge on any atom is -0.317 e. The van der Waals surface area contributed by atoms with Gasteiger partial charge in [0.05, 0.1) is 0 Å². The second kappa shape index (κ2) is 6.39. The quantitative estimate of drug-likeness (QED) is 0.634. The molecule has 1 unspecified atom stereocenters. The van der Waals surface area contributed by atoms with Gasteiger partial charge in [-0.2, -0.15) is 0 Å². The van der Waals surface area contributed by atoms with Gasteiger partial charge in [0.15, 0.2) is 0 Å². The molecule has 0 bridgehead atoms. The van der Waals surface area contributed by atoms with E-state index >= 15 is 0 Å². The summed E-state index contributed by atoms with van der Waals surface area (Å²) >= 11 is 0. The smallest absolute Gasteiger partial charge is 0.00674 e. The van der Waals surface area contributed by atoms with Gasteiger partial charge in [0.2, 0.25) is 0 Å². The van der Waals surface area contributed by atoms with Crippen molar-refractivity contribution < 1.29 is 0 Å². The Morgan fingerprint density at radius 3 is 2.62 bits per heavy atom. The number of nitrogens with one attached hydrogen (secondary N) is 1. The maximum absolute atomic E-state index is 3.38. The number of nitrogens with zero attached hydrogens (tertiary/aromatic N) is 1. The van der Waals surface area contributed by atoms with Crippen molar-refractivity contribution in [1.82, 2.24) is 10.2 Å². The lowest BCUT2D eigenvalue weighted by atomic mass is 10.1. The maximum Gasteiger partial charge on any atom is 0.00674 e. The molecule has 0 saturated carbocycles. The summed E-state index contributed by atoms with van der Waals surface area (Å²) in [4.78, 5) is 2.63. The topological polar surface area (TPSA) is 15.3 Å². The molecular weight excluding hydrogens is 160 g/mol. The van der Waals surface area contributed by atoms with Crippen LogP contribution in [0.5, 0.6) is 0 Å². The van der Waals surface area contributed by atoms with Crippen molar-refractivity contribution in [2.45, 2.75) is 45.6 Å². The third kappa shape index (κ3) is 4.10. The van der Waals surface area contributed by atoms with Crippen molar-refractivity contribution in [2.24, 2.45) is 0 Å². The van der Waals surface area contributed by atoms with Gasteiger partial charge in [0, 0.05) is 6.04 Å². The third-order valence-corrected chi connectivity index (χ3v) is 2.99. The van der Waals surface area contributed by atoms with Gasteiger partial charge in [-0.3, -0.25) is 0 Å². The molecule has 1 rings (SSSR count). The summed E-state index contributed by atoms with van der Waals surface area (Å²) in [5, 5.41) is 3.38. The minimum atomic E-state index is 0.807. The Balaban J connectivity index is 1.99. The largest absolute Gasteiger partial charge is 0.317 e. The zero-order valence-corrected chi connectivity index (χ0v) is 9.18. The van der Waals surface area contributed by atoms with E-state index in [0.29, 0.717) is 0 Å². The van der Waals surface area contributed by atoms with Crippen LogP contribution < -0.4 is 5.32 Å². The standard InChI is InChI=1S/C11H24N2/c1-3-12-8-6-7-11(2)13-9-4-5-10-13/h11-12H,3-10H2,1-2H3. The molecule has 0 radical (unpaired) electrons. The Morgan fingerprint density at radius 1 is 1.31 bits per heavy atom. The SMILES string of the molecule is CCNCCCC(C)N1CCCC1. The molecule has 13 heavy (non-hydrogen) atoms. The average molecular weight is 184 g/mol. The van der Waals surface area contributed by atoms with E-state index in [1.54, 1.807) is 0 Å². The number of hydrogen-bond acceptors (Lipinski definition) is 2. The van der Waals surface area contributed by atoms with E-state index in [0.717, 1.165) is 12.6 Å². The van der Waals surface area contributed by atoms with Gasteiger partial charge < -0.3 is 10.2 Å². The van der Waals surface area contributed by atoms with Gasteiger partial charge in [-0.15, -0.1) is 0 Å². The Kier molecular flexibility index (Phi) is 5.40. The zero-order chi connectivity index (χ0) is 9.52. The predicted octanol–water partition coefficient (Wildman–Crippen LogP) is 1.86. The van der Waals surface area contributed by atoms with Crippen LogP contribution in [0.3, 0.4) is 0 Å². The number of hydrogen-bond donors (Lipinski definition) is 1. The van der Waals surface area contributed by atoms with Crippen molar-refractivity contribution in [3.8, 4) is 0 Å². The molecule has 1 atom stereocenters. The zero-order valence-electron chi connectivity index (χ0n) is 9.18. The van der Waals surface area contributed by atoms with Gasteiger partial charge in [-0.25, -0.2) is 0 Å². The Bertz CT molecular complexity index is 119.